The number of phosphoric acid groups is 2. The highest BCUT2D eigenvalue weighted by molar-refractivity contribution is 7.47. The van der Waals surface area contributed by atoms with Gasteiger partial charge in [0, 0.05) is 25.7 Å². The molecule has 5 atom stereocenters. The molecule has 0 aliphatic rings. The Hall–Kier alpha value is -1.94. The Morgan fingerprint density at radius 2 is 0.505 bits per heavy atom. The summed E-state index contributed by atoms with van der Waals surface area (Å²) in [7, 11) is -9.90. The summed E-state index contributed by atoms with van der Waals surface area (Å²) in [6.45, 7) is 9.48. The van der Waals surface area contributed by atoms with E-state index in [1.165, 1.54) is 180 Å². The molecule has 0 spiro atoms. The number of hydrogen-bond acceptors (Lipinski definition) is 15. The Morgan fingerprint density at radius 1 is 0.297 bits per heavy atom. The third kappa shape index (κ3) is 66.5. The van der Waals surface area contributed by atoms with E-state index in [9.17, 15) is 43.2 Å². The average molecular weight is 1340 g/mol. The highest BCUT2D eigenvalue weighted by Gasteiger charge is 2.30. The van der Waals surface area contributed by atoms with Crippen molar-refractivity contribution in [2.75, 3.05) is 39.6 Å². The van der Waals surface area contributed by atoms with E-state index >= 15 is 0 Å². The second-order valence-corrected chi connectivity index (χ2v) is 29.8. The van der Waals surface area contributed by atoms with Crippen molar-refractivity contribution in [3.63, 3.8) is 0 Å². The summed E-state index contributed by atoms with van der Waals surface area (Å²) < 4.78 is 68.2. The van der Waals surface area contributed by atoms with Crippen LogP contribution in [-0.2, 0) is 65.4 Å². The lowest BCUT2D eigenvalue weighted by atomic mass is 10.0. The van der Waals surface area contributed by atoms with E-state index in [4.69, 9.17) is 37.0 Å². The highest BCUT2D eigenvalue weighted by Crippen LogP contribution is 2.45. The Labute approximate surface area is 556 Å². The van der Waals surface area contributed by atoms with E-state index in [0.717, 1.165) is 102 Å². The van der Waals surface area contributed by atoms with E-state index < -0.39 is 97.5 Å². The van der Waals surface area contributed by atoms with E-state index in [1.807, 2.05) is 0 Å². The van der Waals surface area contributed by atoms with Gasteiger partial charge in [0.1, 0.15) is 19.3 Å². The van der Waals surface area contributed by atoms with Crippen LogP contribution in [0.15, 0.2) is 0 Å². The van der Waals surface area contributed by atoms with Crippen molar-refractivity contribution in [3.05, 3.63) is 0 Å². The molecule has 2 unspecified atom stereocenters. The average Bonchev–Trinajstić information content (AvgIpc) is 3.56. The first-order valence-electron chi connectivity index (χ1n) is 37.5. The van der Waals surface area contributed by atoms with Crippen LogP contribution < -0.4 is 0 Å². The molecule has 0 bridgehead atoms. The summed E-state index contributed by atoms with van der Waals surface area (Å²) in [5.74, 6) is -0.649. The van der Waals surface area contributed by atoms with Crippen LogP contribution in [0.1, 0.15) is 369 Å². The van der Waals surface area contributed by atoms with Crippen LogP contribution in [0.5, 0.6) is 0 Å². The summed E-state index contributed by atoms with van der Waals surface area (Å²) in [6.07, 6.45) is 50.2. The van der Waals surface area contributed by atoms with Gasteiger partial charge in [-0.05, 0) is 37.5 Å². The van der Waals surface area contributed by atoms with Crippen LogP contribution in [0, 0.1) is 11.8 Å². The number of ether oxygens (including phenoxy) is 4. The number of unbranched alkanes of at least 4 members (excludes halogenated alkanes) is 41. The number of aliphatic hydroxyl groups excluding tert-OH is 1. The second-order valence-electron chi connectivity index (χ2n) is 26.9. The number of esters is 4. The van der Waals surface area contributed by atoms with Crippen LogP contribution >= 0.6 is 15.6 Å². The predicted octanol–water partition coefficient (Wildman–Crippen LogP) is 20.8. The van der Waals surface area contributed by atoms with Gasteiger partial charge < -0.3 is 33.8 Å². The second kappa shape index (κ2) is 64.1. The fourth-order valence-electron chi connectivity index (χ4n) is 10.9. The molecule has 19 heteroatoms. The molecule has 0 aromatic heterocycles. The van der Waals surface area contributed by atoms with Crippen molar-refractivity contribution >= 4 is 39.5 Å². The molecule has 0 aliphatic heterocycles. The number of aliphatic hydroxyl groups is 1. The summed E-state index contributed by atoms with van der Waals surface area (Å²) in [5, 5.41) is 10.6. The Balaban J connectivity index is 5.18. The minimum absolute atomic E-state index is 0.102. The maximum atomic E-state index is 13.0. The number of carbonyl (C=O) groups is 4. The fourth-order valence-corrected chi connectivity index (χ4v) is 12.5. The largest absolute Gasteiger partial charge is 0.472 e. The maximum absolute atomic E-state index is 13.0. The van der Waals surface area contributed by atoms with Crippen LogP contribution in [0.4, 0.5) is 0 Å². The van der Waals surface area contributed by atoms with Crippen LogP contribution in [0.3, 0.4) is 0 Å². The first kappa shape index (κ1) is 89.1. The summed E-state index contributed by atoms with van der Waals surface area (Å²) >= 11 is 0. The topological polar surface area (TPSA) is 237 Å². The molecular weight excluding hydrogens is 1200 g/mol. The van der Waals surface area contributed by atoms with Gasteiger partial charge in [0.25, 0.3) is 0 Å². The smallest absolute Gasteiger partial charge is 0.462 e. The van der Waals surface area contributed by atoms with Gasteiger partial charge in [0.15, 0.2) is 12.2 Å². The van der Waals surface area contributed by atoms with Crippen molar-refractivity contribution in [2.45, 2.75) is 387 Å². The summed E-state index contributed by atoms with van der Waals surface area (Å²) in [6, 6.07) is 0. The number of rotatable bonds is 71. The predicted molar refractivity (Wildman–Crippen MR) is 368 cm³/mol. The molecule has 91 heavy (non-hydrogen) atoms. The Morgan fingerprint density at radius 3 is 0.747 bits per heavy atom. The molecule has 0 amide bonds. The molecule has 0 rings (SSSR count). The molecule has 0 heterocycles. The van der Waals surface area contributed by atoms with E-state index in [1.54, 1.807) is 0 Å². The maximum Gasteiger partial charge on any atom is 0.472 e. The normalized spacial score (nSPS) is 14.1. The van der Waals surface area contributed by atoms with Crippen molar-refractivity contribution in [3.8, 4) is 0 Å². The zero-order chi connectivity index (χ0) is 67.2. The van der Waals surface area contributed by atoms with Crippen molar-refractivity contribution in [1.29, 1.82) is 0 Å². The van der Waals surface area contributed by atoms with Gasteiger partial charge >= 0.3 is 39.5 Å². The minimum Gasteiger partial charge on any atom is -0.462 e. The number of phosphoric ester groups is 2. The monoisotopic (exact) mass is 1340 g/mol. The quantitative estimate of drug-likeness (QED) is 0.0222. The van der Waals surface area contributed by atoms with Gasteiger partial charge in [-0.3, -0.25) is 37.3 Å². The van der Waals surface area contributed by atoms with Gasteiger partial charge in [0.2, 0.25) is 0 Å². The molecule has 3 N–H and O–H groups in total. The number of carbonyl (C=O) groups excluding carboxylic acids is 4. The molecule has 540 valence electrons. The van der Waals surface area contributed by atoms with Crippen LogP contribution in [0.25, 0.3) is 0 Å². The molecule has 0 saturated heterocycles. The van der Waals surface area contributed by atoms with Gasteiger partial charge in [-0.2, -0.15) is 0 Å². The van der Waals surface area contributed by atoms with Crippen LogP contribution in [-0.4, -0.2) is 96.7 Å². The molecule has 0 aromatic rings. The minimum atomic E-state index is -4.95. The zero-order valence-corrected chi connectivity index (χ0v) is 60.9. The molecule has 17 nitrogen and oxygen atoms in total. The lowest BCUT2D eigenvalue weighted by molar-refractivity contribution is -0.161. The third-order valence-electron chi connectivity index (χ3n) is 16.7. The summed E-state index contributed by atoms with van der Waals surface area (Å²) in [5.41, 5.74) is 0. The molecule has 0 saturated carbocycles. The highest BCUT2D eigenvalue weighted by atomic mass is 31.2. The van der Waals surface area contributed by atoms with Gasteiger partial charge in [-0.1, -0.05) is 318 Å². The van der Waals surface area contributed by atoms with Crippen LogP contribution in [0.2, 0.25) is 0 Å². The lowest BCUT2D eigenvalue weighted by Gasteiger charge is -2.21. The zero-order valence-electron chi connectivity index (χ0n) is 59.1. The SMILES string of the molecule is CCCCCCCCCCCCCCCCCC(=O)OC[C@H](COP(=O)(O)OC[C@@H](O)COP(=O)(O)OC[C@@H](COC(=O)CCCCCCCCCC)OC(=O)CCCCCCCCC(C)C)OC(=O)CCCCCCCCCCCCCCCCCCC(C)C. The summed E-state index contributed by atoms with van der Waals surface area (Å²) in [4.78, 5) is 72.5. The molecule has 0 radical (unpaired) electrons. The van der Waals surface area contributed by atoms with Crippen molar-refractivity contribution in [2.24, 2.45) is 11.8 Å². The van der Waals surface area contributed by atoms with Gasteiger partial charge in [-0.25, -0.2) is 9.13 Å². The van der Waals surface area contributed by atoms with Gasteiger partial charge in [0.05, 0.1) is 26.4 Å². The fraction of sp³-hybridized carbons (Fsp3) is 0.944. The van der Waals surface area contributed by atoms with E-state index in [-0.39, 0.29) is 25.7 Å². The molecule has 0 fully saturated rings. The van der Waals surface area contributed by atoms with Crippen molar-refractivity contribution in [1.82, 2.24) is 0 Å². The van der Waals surface area contributed by atoms with E-state index in [0.29, 0.717) is 31.6 Å². The molecule has 0 aromatic carbocycles. The Kier molecular flexibility index (Phi) is 62.7. The molecule has 0 aliphatic carbocycles. The Bertz CT molecular complexity index is 1770. The third-order valence-corrected chi connectivity index (χ3v) is 18.6. The molecular formula is C72H140O17P2. The van der Waals surface area contributed by atoms with Crippen molar-refractivity contribution < 1.29 is 80.2 Å². The van der Waals surface area contributed by atoms with Gasteiger partial charge in [-0.15, -0.1) is 0 Å². The lowest BCUT2D eigenvalue weighted by Crippen LogP contribution is -2.30. The first-order chi connectivity index (χ1) is 43.9. The number of hydrogen-bond donors (Lipinski definition) is 3. The van der Waals surface area contributed by atoms with E-state index in [2.05, 4.69) is 41.5 Å². The first-order valence-corrected chi connectivity index (χ1v) is 40.5. The standard InChI is InChI=1S/C72H140O17P2/c1-7-9-11-13-15-17-18-19-22-26-29-32-36-43-49-55-70(75)83-60-67(88-71(76)56-50-44-37-33-30-27-24-21-20-23-25-28-31-34-40-46-52-64(3)4)62-86-90(78,79)84-58-66(73)59-85-91(80,81)87-63-68(61-82-69(74)54-48-42-35-16-14-12-10-8-2)89-72(77)57-51-45-39-38-41-47-53-65(5)6/h64-68,73H,7-63H2,1-6H3,(H,78,79)(H,80,81)/t66-,67-,68-/m1/s1.